The third-order valence-electron chi connectivity index (χ3n) is 3.20. The monoisotopic (exact) mass is 238 g/mol. The molecule has 1 saturated heterocycles. The molecule has 2 heterocycles. The molecule has 1 aliphatic heterocycles. The number of rotatable bonds is 2. The van der Waals surface area contributed by atoms with Gasteiger partial charge in [0.2, 0.25) is 5.91 Å². The predicted molar refractivity (Wildman–Crippen MR) is 66.3 cm³/mol. The van der Waals surface area contributed by atoms with Gasteiger partial charge in [-0.2, -0.15) is 0 Å². The molecule has 4 heteroatoms. The number of piperidine rings is 1. The van der Waals surface area contributed by atoms with E-state index in [0.29, 0.717) is 6.04 Å². The topological polar surface area (TPSA) is 46.3 Å². The number of carbonyl (C=O) groups excluding carboxylic acids is 1. The lowest BCUT2D eigenvalue weighted by Gasteiger charge is -2.34. The van der Waals surface area contributed by atoms with Crippen LogP contribution in [0.3, 0.4) is 0 Å². The van der Waals surface area contributed by atoms with Crippen molar-refractivity contribution in [3.8, 4) is 0 Å². The quantitative estimate of drug-likeness (QED) is 0.858. The van der Waals surface area contributed by atoms with Crippen LogP contribution in [0.1, 0.15) is 37.1 Å². The average Bonchev–Trinajstić information content (AvgIpc) is 2.81. The minimum atomic E-state index is -0.472. The highest BCUT2D eigenvalue weighted by Gasteiger charge is 2.28. The highest BCUT2D eigenvalue weighted by molar-refractivity contribution is 7.10. The molecule has 3 nitrogen and oxygen atoms in total. The van der Waals surface area contributed by atoms with Gasteiger partial charge in [-0.1, -0.05) is 6.07 Å². The van der Waals surface area contributed by atoms with Crippen molar-refractivity contribution in [1.82, 2.24) is 4.90 Å². The van der Waals surface area contributed by atoms with Gasteiger partial charge in [0, 0.05) is 17.5 Å². The molecule has 1 aromatic rings. The van der Waals surface area contributed by atoms with Gasteiger partial charge in [0.15, 0.2) is 0 Å². The third-order valence-corrected chi connectivity index (χ3v) is 4.16. The average molecular weight is 238 g/mol. The van der Waals surface area contributed by atoms with Crippen LogP contribution in [-0.4, -0.2) is 23.4 Å². The number of nitrogens with two attached hydrogens (primary N) is 1. The second-order valence-corrected chi connectivity index (χ2v) is 5.35. The predicted octanol–water partition coefficient (Wildman–Crippen LogP) is 2.15. The molecule has 1 aromatic heterocycles. The summed E-state index contributed by atoms with van der Waals surface area (Å²) >= 11 is 1.55. The molecule has 0 saturated carbocycles. The van der Waals surface area contributed by atoms with E-state index in [4.69, 9.17) is 5.73 Å². The molecule has 0 aliphatic carbocycles. The van der Waals surface area contributed by atoms with Gasteiger partial charge >= 0.3 is 0 Å². The normalized spacial score (nSPS) is 23.1. The molecule has 1 aliphatic rings. The maximum absolute atomic E-state index is 12.2. The van der Waals surface area contributed by atoms with E-state index in [1.165, 1.54) is 6.42 Å². The van der Waals surface area contributed by atoms with Crippen molar-refractivity contribution in [3.63, 3.8) is 0 Å². The zero-order chi connectivity index (χ0) is 11.5. The van der Waals surface area contributed by atoms with E-state index in [2.05, 4.69) is 6.92 Å². The minimum absolute atomic E-state index is 0.0784. The van der Waals surface area contributed by atoms with E-state index in [1.807, 2.05) is 22.4 Å². The van der Waals surface area contributed by atoms with Crippen LogP contribution >= 0.6 is 11.3 Å². The fourth-order valence-corrected chi connectivity index (χ4v) is 2.91. The Hall–Kier alpha value is -0.870. The third kappa shape index (κ3) is 2.28. The van der Waals surface area contributed by atoms with Gasteiger partial charge in [-0.15, -0.1) is 11.3 Å². The fourth-order valence-electron chi connectivity index (χ4n) is 2.19. The number of nitrogens with zero attached hydrogens (tertiary/aromatic N) is 1. The lowest BCUT2D eigenvalue weighted by atomic mass is 10.0. The van der Waals surface area contributed by atoms with Crippen LogP contribution in [0.25, 0.3) is 0 Å². The SMILES string of the molecule is CC1CCCCN1C(=O)C(N)c1cccs1. The molecule has 2 atom stereocenters. The summed E-state index contributed by atoms with van der Waals surface area (Å²) in [5, 5.41) is 1.96. The number of amides is 1. The molecule has 2 rings (SSSR count). The fraction of sp³-hybridized carbons (Fsp3) is 0.583. The summed E-state index contributed by atoms with van der Waals surface area (Å²) in [4.78, 5) is 15.1. The van der Waals surface area contributed by atoms with Crippen LogP contribution in [0.2, 0.25) is 0 Å². The van der Waals surface area contributed by atoms with Crippen molar-refractivity contribution in [1.29, 1.82) is 0 Å². The number of likely N-dealkylation sites (tertiary alicyclic amines) is 1. The first-order chi connectivity index (χ1) is 7.70. The maximum Gasteiger partial charge on any atom is 0.245 e. The first-order valence-electron chi connectivity index (χ1n) is 5.79. The van der Waals surface area contributed by atoms with Gasteiger partial charge in [0.25, 0.3) is 0 Å². The molecular formula is C12H18N2OS. The molecule has 2 N–H and O–H groups in total. The van der Waals surface area contributed by atoms with Gasteiger partial charge < -0.3 is 10.6 Å². The standard InChI is InChI=1S/C12H18N2OS/c1-9-5-2-3-7-14(9)12(15)11(13)10-6-4-8-16-10/h4,6,8-9,11H,2-3,5,7,13H2,1H3. The van der Waals surface area contributed by atoms with Gasteiger partial charge in [-0.25, -0.2) is 0 Å². The minimum Gasteiger partial charge on any atom is -0.338 e. The highest BCUT2D eigenvalue weighted by atomic mass is 32.1. The molecule has 0 radical (unpaired) electrons. The second-order valence-electron chi connectivity index (χ2n) is 4.37. The molecule has 16 heavy (non-hydrogen) atoms. The largest absolute Gasteiger partial charge is 0.338 e. The van der Waals surface area contributed by atoms with Crippen LogP contribution in [0, 0.1) is 0 Å². The van der Waals surface area contributed by atoms with Crippen molar-refractivity contribution in [2.75, 3.05) is 6.54 Å². The van der Waals surface area contributed by atoms with E-state index in [1.54, 1.807) is 11.3 Å². The Bertz CT molecular complexity index is 350. The maximum atomic E-state index is 12.2. The summed E-state index contributed by atoms with van der Waals surface area (Å²) in [7, 11) is 0. The molecular weight excluding hydrogens is 220 g/mol. The van der Waals surface area contributed by atoms with E-state index < -0.39 is 6.04 Å². The van der Waals surface area contributed by atoms with Crippen LogP contribution in [-0.2, 0) is 4.79 Å². The molecule has 1 amide bonds. The highest BCUT2D eigenvalue weighted by Crippen LogP contribution is 2.23. The molecule has 0 aromatic carbocycles. The Morgan fingerprint density at radius 2 is 2.44 bits per heavy atom. The van der Waals surface area contributed by atoms with E-state index in [-0.39, 0.29) is 5.91 Å². The number of hydrogen-bond donors (Lipinski definition) is 1. The Kier molecular flexibility index (Phi) is 3.61. The van der Waals surface area contributed by atoms with Crippen LogP contribution in [0.5, 0.6) is 0 Å². The summed E-state index contributed by atoms with van der Waals surface area (Å²) in [6.07, 6.45) is 3.43. The summed E-state index contributed by atoms with van der Waals surface area (Å²) in [6.45, 7) is 2.97. The smallest absolute Gasteiger partial charge is 0.245 e. The molecule has 0 bridgehead atoms. The van der Waals surface area contributed by atoms with Crippen LogP contribution in [0.4, 0.5) is 0 Å². The Morgan fingerprint density at radius 1 is 1.62 bits per heavy atom. The van der Waals surface area contributed by atoms with E-state index >= 15 is 0 Å². The Morgan fingerprint density at radius 3 is 3.06 bits per heavy atom. The number of carbonyl (C=O) groups is 1. The lowest BCUT2D eigenvalue weighted by molar-refractivity contribution is -0.135. The van der Waals surface area contributed by atoms with Crippen molar-refractivity contribution in [3.05, 3.63) is 22.4 Å². The van der Waals surface area contributed by atoms with Crippen molar-refractivity contribution < 1.29 is 4.79 Å². The van der Waals surface area contributed by atoms with Gasteiger partial charge in [-0.3, -0.25) is 4.79 Å². The second kappa shape index (κ2) is 4.97. The van der Waals surface area contributed by atoms with Gasteiger partial charge in [-0.05, 0) is 37.6 Å². The first kappa shape index (κ1) is 11.6. The lowest BCUT2D eigenvalue weighted by Crippen LogP contribution is -2.46. The summed E-state index contributed by atoms with van der Waals surface area (Å²) in [5.41, 5.74) is 6.00. The molecule has 2 unspecified atom stereocenters. The zero-order valence-electron chi connectivity index (χ0n) is 9.56. The summed E-state index contributed by atoms with van der Waals surface area (Å²) in [5.74, 6) is 0.0784. The Labute approximate surface area is 100 Å². The van der Waals surface area contributed by atoms with Gasteiger partial charge in [0.1, 0.15) is 6.04 Å². The molecule has 1 fully saturated rings. The Balaban J connectivity index is 2.06. The van der Waals surface area contributed by atoms with Gasteiger partial charge in [0.05, 0.1) is 0 Å². The number of thiophene rings is 1. The number of hydrogen-bond acceptors (Lipinski definition) is 3. The van der Waals surface area contributed by atoms with E-state index in [0.717, 1.165) is 24.3 Å². The van der Waals surface area contributed by atoms with Crippen molar-refractivity contribution >= 4 is 17.2 Å². The first-order valence-corrected chi connectivity index (χ1v) is 6.67. The van der Waals surface area contributed by atoms with E-state index in [9.17, 15) is 4.79 Å². The zero-order valence-corrected chi connectivity index (χ0v) is 10.4. The van der Waals surface area contributed by atoms with Crippen LogP contribution < -0.4 is 5.73 Å². The van der Waals surface area contributed by atoms with Crippen molar-refractivity contribution in [2.24, 2.45) is 5.73 Å². The summed E-state index contributed by atoms with van der Waals surface area (Å²) in [6, 6.07) is 3.74. The van der Waals surface area contributed by atoms with Crippen molar-refractivity contribution in [2.45, 2.75) is 38.3 Å². The summed E-state index contributed by atoms with van der Waals surface area (Å²) < 4.78 is 0. The molecule has 88 valence electrons. The van der Waals surface area contributed by atoms with Crippen LogP contribution in [0.15, 0.2) is 17.5 Å². The molecule has 0 spiro atoms.